The molecule has 0 bridgehead atoms. The van der Waals surface area contributed by atoms with Gasteiger partial charge in [-0.3, -0.25) is 10.2 Å². The number of hydrazine groups is 1. The quantitative estimate of drug-likeness (QED) is 0.312. The summed E-state index contributed by atoms with van der Waals surface area (Å²) < 4.78 is 0. The van der Waals surface area contributed by atoms with E-state index in [-0.39, 0.29) is 5.91 Å². The SMILES string of the molecule is CC(=O)NN(CCS)C(C)O. The van der Waals surface area contributed by atoms with Crippen LogP contribution in [0.2, 0.25) is 0 Å². The van der Waals surface area contributed by atoms with E-state index in [1.165, 1.54) is 11.9 Å². The second kappa shape index (κ2) is 5.40. The average Bonchev–Trinajstić information content (AvgIpc) is 1.86. The van der Waals surface area contributed by atoms with Gasteiger partial charge < -0.3 is 5.11 Å². The van der Waals surface area contributed by atoms with Crippen molar-refractivity contribution in [2.75, 3.05) is 12.3 Å². The Kier molecular flexibility index (Phi) is 5.27. The minimum absolute atomic E-state index is 0.187. The fourth-order valence-electron chi connectivity index (χ4n) is 0.646. The molecule has 66 valence electrons. The summed E-state index contributed by atoms with van der Waals surface area (Å²) in [6.45, 7) is 3.51. The first-order valence-electron chi connectivity index (χ1n) is 3.40. The molecule has 0 radical (unpaired) electrons. The van der Waals surface area contributed by atoms with Gasteiger partial charge in [0.1, 0.15) is 6.23 Å². The van der Waals surface area contributed by atoms with Crippen molar-refractivity contribution in [2.45, 2.75) is 20.1 Å². The highest BCUT2D eigenvalue weighted by Gasteiger charge is 2.09. The van der Waals surface area contributed by atoms with Gasteiger partial charge in [-0.25, -0.2) is 0 Å². The molecule has 2 N–H and O–H groups in total. The van der Waals surface area contributed by atoms with Gasteiger partial charge in [0.2, 0.25) is 5.91 Å². The number of carbonyl (C=O) groups excluding carboxylic acids is 1. The van der Waals surface area contributed by atoms with Crippen molar-refractivity contribution in [3.63, 3.8) is 0 Å². The predicted molar refractivity (Wildman–Crippen MR) is 46.1 cm³/mol. The smallest absolute Gasteiger partial charge is 0.231 e. The number of aliphatic hydroxyl groups excluding tert-OH is 1. The largest absolute Gasteiger partial charge is 0.377 e. The first-order valence-corrected chi connectivity index (χ1v) is 4.04. The maximum Gasteiger partial charge on any atom is 0.231 e. The van der Waals surface area contributed by atoms with E-state index >= 15 is 0 Å². The molecular weight excluding hydrogens is 164 g/mol. The number of hydrogen-bond acceptors (Lipinski definition) is 4. The monoisotopic (exact) mass is 178 g/mol. The van der Waals surface area contributed by atoms with E-state index in [1.54, 1.807) is 6.92 Å². The summed E-state index contributed by atoms with van der Waals surface area (Å²) in [5.41, 5.74) is 2.48. The standard InChI is InChI=1S/C6H14N2O2S/c1-5(9)7-8(3-4-11)6(2)10/h6,10-11H,3-4H2,1-2H3,(H,7,9). The van der Waals surface area contributed by atoms with Crippen LogP contribution in [-0.4, -0.2) is 34.5 Å². The van der Waals surface area contributed by atoms with Gasteiger partial charge in [0.15, 0.2) is 0 Å². The van der Waals surface area contributed by atoms with Crippen molar-refractivity contribution < 1.29 is 9.90 Å². The summed E-state index contributed by atoms with van der Waals surface area (Å²) in [6.07, 6.45) is -0.675. The summed E-state index contributed by atoms with van der Waals surface area (Å²) in [7, 11) is 0. The Morgan fingerprint density at radius 2 is 2.36 bits per heavy atom. The van der Waals surface area contributed by atoms with E-state index in [0.717, 1.165) is 0 Å². The predicted octanol–water partition coefficient (Wildman–Crippen LogP) is -0.392. The van der Waals surface area contributed by atoms with Crippen molar-refractivity contribution in [1.29, 1.82) is 0 Å². The lowest BCUT2D eigenvalue weighted by Crippen LogP contribution is -2.47. The van der Waals surface area contributed by atoms with Crippen LogP contribution < -0.4 is 5.43 Å². The number of rotatable bonds is 4. The number of thiol groups is 1. The molecule has 0 aromatic heterocycles. The molecule has 0 aliphatic heterocycles. The van der Waals surface area contributed by atoms with Crippen LogP contribution in [0.25, 0.3) is 0 Å². The number of hydrogen-bond donors (Lipinski definition) is 3. The van der Waals surface area contributed by atoms with Crippen molar-refractivity contribution in [3.05, 3.63) is 0 Å². The summed E-state index contributed by atoms with van der Waals surface area (Å²) in [4.78, 5) is 10.5. The zero-order valence-electron chi connectivity index (χ0n) is 6.74. The third kappa shape index (κ3) is 5.06. The first-order chi connectivity index (χ1) is 5.07. The number of carbonyl (C=O) groups is 1. The van der Waals surface area contributed by atoms with Crippen LogP contribution in [0.5, 0.6) is 0 Å². The van der Waals surface area contributed by atoms with E-state index in [0.29, 0.717) is 12.3 Å². The normalized spacial score (nSPS) is 13.2. The Labute approximate surface area is 72.0 Å². The molecule has 0 aromatic rings. The zero-order valence-corrected chi connectivity index (χ0v) is 7.64. The second-order valence-corrected chi connectivity index (χ2v) is 2.66. The van der Waals surface area contributed by atoms with Gasteiger partial charge >= 0.3 is 0 Å². The van der Waals surface area contributed by atoms with Gasteiger partial charge in [-0.05, 0) is 6.92 Å². The maximum absolute atomic E-state index is 10.5. The lowest BCUT2D eigenvalue weighted by molar-refractivity contribution is -0.128. The Morgan fingerprint density at radius 1 is 1.82 bits per heavy atom. The van der Waals surface area contributed by atoms with Crippen LogP contribution in [0.1, 0.15) is 13.8 Å². The molecule has 0 heterocycles. The molecule has 0 aliphatic rings. The van der Waals surface area contributed by atoms with Gasteiger partial charge in [-0.15, -0.1) is 0 Å². The molecule has 1 unspecified atom stereocenters. The molecule has 0 aliphatic carbocycles. The topological polar surface area (TPSA) is 52.6 Å². The molecule has 1 amide bonds. The third-order valence-corrected chi connectivity index (χ3v) is 1.29. The third-order valence-electron chi connectivity index (χ3n) is 1.09. The Morgan fingerprint density at radius 3 is 2.64 bits per heavy atom. The van der Waals surface area contributed by atoms with E-state index in [9.17, 15) is 4.79 Å². The van der Waals surface area contributed by atoms with Crippen LogP contribution >= 0.6 is 12.6 Å². The highest BCUT2D eigenvalue weighted by Crippen LogP contribution is 1.90. The molecule has 11 heavy (non-hydrogen) atoms. The van der Waals surface area contributed by atoms with Crippen molar-refractivity contribution in [1.82, 2.24) is 10.4 Å². The van der Waals surface area contributed by atoms with Crippen LogP contribution in [0.15, 0.2) is 0 Å². The number of nitrogens with zero attached hydrogens (tertiary/aromatic N) is 1. The highest BCUT2D eigenvalue weighted by molar-refractivity contribution is 7.80. The lowest BCUT2D eigenvalue weighted by Gasteiger charge is -2.24. The summed E-state index contributed by atoms with van der Waals surface area (Å²) in [5.74, 6) is 0.401. The van der Waals surface area contributed by atoms with E-state index in [1.807, 2.05) is 0 Å². The van der Waals surface area contributed by atoms with E-state index in [4.69, 9.17) is 5.11 Å². The molecule has 0 aromatic carbocycles. The molecule has 0 saturated heterocycles. The van der Waals surface area contributed by atoms with Crippen molar-refractivity contribution >= 4 is 18.5 Å². The van der Waals surface area contributed by atoms with Gasteiger partial charge in [0, 0.05) is 19.2 Å². The Bertz CT molecular complexity index is 130. The minimum atomic E-state index is -0.675. The average molecular weight is 178 g/mol. The number of nitrogens with one attached hydrogen (secondary N) is 1. The fraction of sp³-hybridized carbons (Fsp3) is 0.833. The fourth-order valence-corrected chi connectivity index (χ4v) is 0.862. The summed E-state index contributed by atoms with van der Waals surface area (Å²) >= 11 is 3.97. The van der Waals surface area contributed by atoms with E-state index < -0.39 is 6.23 Å². The molecular formula is C6H14N2O2S. The molecule has 0 saturated carbocycles. The summed E-state index contributed by atoms with van der Waals surface area (Å²) in [5, 5.41) is 10.5. The van der Waals surface area contributed by atoms with Gasteiger partial charge in [0.25, 0.3) is 0 Å². The molecule has 1 atom stereocenters. The Balaban J connectivity index is 3.79. The number of aliphatic hydroxyl groups is 1. The lowest BCUT2D eigenvalue weighted by atomic mass is 10.5. The van der Waals surface area contributed by atoms with Gasteiger partial charge in [-0.1, -0.05) is 0 Å². The molecule has 5 heteroatoms. The molecule has 0 fully saturated rings. The Hall–Kier alpha value is -0.260. The second-order valence-electron chi connectivity index (χ2n) is 2.22. The first kappa shape index (κ1) is 10.7. The molecule has 0 spiro atoms. The zero-order chi connectivity index (χ0) is 8.85. The molecule has 0 rings (SSSR count). The van der Waals surface area contributed by atoms with Crippen molar-refractivity contribution in [3.8, 4) is 0 Å². The van der Waals surface area contributed by atoms with Crippen molar-refractivity contribution in [2.24, 2.45) is 0 Å². The number of amides is 1. The van der Waals surface area contributed by atoms with Crippen LogP contribution in [0.3, 0.4) is 0 Å². The van der Waals surface area contributed by atoms with Gasteiger partial charge in [-0.2, -0.15) is 17.6 Å². The van der Waals surface area contributed by atoms with Gasteiger partial charge in [0.05, 0.1) is 0 Å². The van der Waals surface area contributed by atoms with Crippen LogP contribution in [-0.2, 0) is 4.79 Å². The van der Waals surface area contributed by atoms with Crippen LogP contribution in [0.4, 0.5) is 0 Å². The molecule has 4 nitrogen and oxygen atoms in total. The summed E-state index contributed by atoms with van der Waals surface area (Å²) in [6, 6.07) is 0. The maximum atomic E-state index is 10.5. The van der Waals surface area contributed by atoms with E-state index in [2.05, 4.69) is 18.1 Å². The highest BCUT2D eigenvalue weighted by atomic mass is 32.1. The van der Waals surface area contributed by atoms with Crippen LogP contribution in [0, 0.1) is 0 Å². The minimum Gasteiger partial charge on any atom is -0.377 e.